The van der Waals surface area contributed by atoms with Gasteiger partial charge in [0.15, 0.2) is 0 Å². The molecule has 0 aromatic heterocycles. The summed E-state index contributed by atoms with van der Waals surface area (Å²) in [4.78, 5) is 14.7. The standard InChI is InChI=1S/C11H14N2O2/c1-2-7-13-10(12)8-3-5-9(6-4-8)11(14)15/h3-6H,2,7H2,1H3,(H2,12,13)(H,14,15). The van der Waals surface area contributed by atoms with Crippen LogP contribution in [0.15, 0.2) is 29.3 Å². The molecule has 80 valence electrons. The number of carbonyl (C=O) groups is 1. The second kappa shape index (κ2) is 5.14. The quantitative estimate of drug-likeness (QED) is 0.579. The summed E-state index contributed by atoms with van der Waals surface area (Å²) >= 11 is 0. The van der Waals surface area contributed by atoms with Gasteiger partial charge in [0.2, 0.25) is 0 Å². The summed E-state index contributed by atoms with van der Waals surface area (Å²) in [6.45, 7) is 2.71. The Kier molecular flexibility index (Phi) is 3.85. The predicted molar refractivity (Wildman–Crippen MR) is 59.3 cm³/mol. The first-order chi connectivity index (χ1) is 7.15. The molecule has 0 radical (unpaired) electrons. The maximum atomic E-state index is 10.6. The Morgan fingerprint density at radius 1 is 1.33 bits per heavy atom. The van der Waals surface area contributed by atoms with E-state index in [1.165, 1.54) is 12.1 Å². The lowest BCUT2D eigenvalue weighted by atomic mass is 10.1. The fraction of sp³-hybridized carbons (Fsp3) is 0.273. The van der Waals surface area contributed by atoms with E-state index in [1.807, 2.05) is 6.92 Å². The number of carboxylic acids is 1. The minimum atomic E-state index is -0.939. The normalized spacial score (nSPS) is 11.4. The van der Waals surface area contributed by atoms with Crippen molar-refractivity contribution in [2.45, 2.75) is 13.3 Å². The van der Waals surface area contributed by atoms with Crippen LogP contribution in [0.25, 0.3) is 0 Å². The van der Waals surface area contributed by atoms with Crippen LogP contribution < -0.4 is 5.73 Å². The number of amidine groups is 1. The Morgan fingerprint density at radius 2 is 1.87 bits per heavy atom. The first-order valence-electron chi connectivity index (χ1n) is 4.78. The van der Waals surface area contributed by atoms with Crippen molar-refractivity contribution in [2.24, 2.45) is 10.7 Å². The van der Waals surface area contributed by atoms with Crippen molar-refractivity contribution in [1.29, 1.82) is 0 Å². The van der Waals surface area contributed by atoms with Crippen molar-refractivity contribution in [1.82, 2.24) is 0 Å². The van der Waals surface area contributed by atoms with Crippen molar-refractivity contribution < 1.29 is 9.90 Å². The number of benzene rings is 1. The van der Waals surface area contributed by atoms with Crippen LogP contribution in [0.5, 0.6) is 0 Å². The summed E-state index contributed by atoms with van der Waals surface area (Å²) in [7, 11) is 0. The van der Waals surface area contributed by atoms with E-state index in [9.17, 15) is 4.79 Å². The summed E-state index contributed by atoms with van der Waals surface area (Å²) in [6, 6.07) is 6.37. The SMILES string of the molecule is CCCN=C(N)c1ccc(C(=O)O)cc1. The summed E-state index contributed by atoms with van der Waals surface area (Å²) in [5.41, 5.74) is 6.72. The van der Waals surface area contributed by atoms with E-state index < -0.39 is 5.97 Å². The second-order valence-electron chi connectivity index (χ2n) is 3.15. The number of nitrogens with two attached hydrogens (primary N) is 1. The van der Waals surface area contributed by atoms with Gasteiger partial charge in [-0.3, -0.25) is 4.99 Å². The highest BCUT2D eigenvalue weighted by Crippen LogP contribution is 2.04. The highest BCUT2D eigenvalue weighted by atomic mass is 16.4. The van der Waals surface area contributed by atoms with Crippen molar-refractivity contribution in [3.63, 3.8) is 0 Å². The van der Waals surface area contributed by atoms with Gasteiger partial charge in [0.05, 0.1) is 5.56 Å². The average Bonchev–Trinajstić information content (AvgIpc) is 2.26. The smallest absolute Gasteiger partial charge is 0.335 e. The average molecular weight is 206 g/mol. The number of hydrogen-bond acceptors (Lipinski definition) is 2. The van der Waals surface area contributed by atoms with E-state index in [-0.39, 0.29) is 5.56 Å². The molecule has 3 N–H and O–H groups in total. The maximum absolute atomic E-state index is 10.6. The molecule has 0 aliphatic heterocycles. The molecule has 0 saturated carbocycles. The number of carboxylic acid groups (broad SMARTS) is 1. The van der Waals surface area contributed by atoms with E-state index in [2.05, 4.69) is 4.99 Å². The highest BCUT2D eigenvalue weighted by molar-refractivity contribution is 5.98. The lowest BCUT2D eigenvalue weighted by Crippen LogP contribution is -2.14. The van der Waals surface area contributed by atoms with Crippen LogP contribution in [0.4, 0.5) is 0 Å². The van der Waals surface area contributed by atoms with Crippen molar-refractivity contribution >= 4 is 11.8 Å². The molecule has 0 bridgehead atoms. The number of nitrogens with zero attached hydrogens (tertiary/aromatic N) is 1. The Labute approximate surface area is 88.4 Å². The van der Waals surface area contributed by atoms with E-state index >= 15 is 0 Å². The van der Waals surface area contributed by atoms with Gasteiger partial charge in [-0.2, -0.15) is 0 Å². The summed E-state index contributed by atoms with van der Waals surface area (Å²) < 4.78 is 0. The molecule has 0 spiro atoms. The van der Waals surface area contributed by atoms with E-state index in [0.717, 1.165) is 12.0 Å². The Hall–Kier alpha value is -1.84. The molecule has 1 aromatic carbocycles. The molecular formula is C11H14N2O2. The molecule has 0 unspecified atom stereocenters. The molecule has 0 aliphatic rings. The van der Waals surface area contributed by atoms with Gasteiger partial charge in [0, 0.05) is 12.1 Å². The molecular weight excluding hydrogens is 192 g/mol. The van der Waals surface area contributed by atoms with Crippen LogP contribution in [0.2, 0.25) is 0 Å². The van der Waals surface area contributed by atoms with Gasteiger partial charge in [-0.15, -0.1) is 0 Å². The number of hydrogen-bond donors (Lipinski definition) is 2. The van der Waals surface area contributed by atoms with Crippen molar-refractivity contribution in [3.8, 4) is 0 Å². The minimum absolute atomic E-state index is 0.252. The Morgan fingerprint density at radius 3 is 2.33 bits per heavy atom. The first kappa shape index (κ1) is 11.2. The third kappa shape index (κ3) is 3.09. The van der Waals surface area contributed by atoms with Gasteiger partial charge >= 0.3 is 5.97 Å². The van der Waals surface area contributed by atoms with Gasteiger partial charge < -0.3 is 10.8 Å². The number of aromatic carboxylic acids is 1. The lowest BCUT2D eigenvalue weighted by Gasteiger charge is -2.01. The van der Waals surface area contributed by atoms with Gasteiger partial charge in [-0.05, 0) is 18.6 Å². The van der Waals surface area contributed by atoms with Crippen LogP contribution >= 0.6 is 0 Å². The van der Waals surface area contributed by atoms with Gasteiger partial charge in [-0.25, -0.2) is 4.79 Å². The van der Waals surface area contributed by atoms with Gasteiger partial charge in [0.25, 0.3) is 0 Å². The molecule has 15 heavy (non-hydrogen) atoms. The van der Waals surface area contributed by atoms with Crippen molar-refractivity contribution in [2.75, 3.05) is 6.54 Å². The molecule has 0 fully saturated rings. The molecule has 4 heteroatoms. The van der Waals surface area contributed by atoms with Crippen LogP contribution in [-0.2, 0) is 0 Å². The minimum Gasteiger partial charge on any atom is -0.478 e. The van der Waals surface area contributed by atoms with Crippen LogP contribution in [0.3, 0.4) is 0 Å². The van der Waals surface area contributed by atoms with Gasteiger partial charge in [-0.1, -0.05) is 19.1 Å². The molecule has 1 aromatic rings. The molecule has 4 nitrogen and oxygen atoms in total. The molecule has 0 saturated heterocycles. The molecule has 0 heterocycles. The maximum Gasteiger partial charge on any atom is 0.335 e. The van der Waals surface area contributed by atoms with Crippen LogP contribution in [-0.4, -0.2) is 23.5 Å². The Bertz CT molecular complexity index is 369. The van der Waals surface area contributed by atoms with Crippen LogP contribution in [0, 0.1) is 0 Å². The second-order valence-corrected chi connectivity index (χ2v) is 3.15. The van der Waals surface area contributed by atoms with Crippen molar-refractivity contribution in [3.05, 3.63) is 35.4 Å². The third-order valence-electron chi connectivity index (χ3n) is 1.93. The van der Waals surface area contributed by atoms with Crippen LogP contribution in [0.1, 0.15) is 29.3 Å². The zero-order chi connectivity index (χ0) is 11.3. The highest BCUT2D eigenvalue weighted by Gasteiger charge is 2.03. The predicted octanol–water partition coefficient (Wildman–Crippen LogP) is 1.50. The fourth-order valence-corrected chi connectivity index (χ4v) is 1.11. The molecule has 0 atom stereocenters. The molecule has 0 aliphatic carbocycles. The number of rotatable bonds is 4. The Balaban J connectivity index is 2.84. The lowest BCUT2D eigenvalue weighted by molar-refractivity contribution is 0.0697. The zero-order valence-corrected chi connectivity index (χ0v) is 8.60. The molecule has 1 rings (SSSR count). The first-order valence-corrected chi connectivity index (χ1v) is 4.78. The molecule has 0 amide bonds. The van der Waals surface area contributed by atoms with E-state index in [4.69, 9.17) is 10.8 Å². The van der Waals surface area contributed by atoms with E-state index in [0.29, 0.717) is 12.4 Å². The zero-order valence-electron chi connectivity index (χ0n) is 8.60. The summed E-state index contributed by atoms with van der Waals surface area (Å²) in [6.07, 6.45) is 0.938. The number of aliphatic imine (C=N–C) groups is 1. The summed E-state index contributed by atoms with van der Waals surface area (Å²) in [5, 5.41) is 8.69. The topological polar surface area (TPSA) is 75.7 Å². The van der Waals surface area contributed by atoms with E-state index in [1.54, 1.807) is 12.1 Å². The third-order valence-corrected chi connectivity index (χ3v) is 1.93. The summed E-state index contributed by atoms with van der Waals surface area (Å²) in [5.74, 6) is -0.487. The monoisotopic (exact) mass is 206 g/mol. The largest absolute Gasteiger partial charge is 0.478 e. The van der Waals surface area contributed by atoms with Gasteiger partial charge in [0.1, 0.15) is 5.84 Å². The fourth-order valence-electron chi connectivity index (χ4n) is 1.11.